The molecule has 2 heteroatoms. The van der Waals surface area contributed by atoms with Gasteiger partial charge in [-0.25, -0.2) is 0 Å². The highest BCUT2D eigenvalue weighted by Crippen LogP contribution is 2.54. The third-order valence-corrected chi connectivity index (χ3v) is 9.28. The summed E-state index contributed by atoms with van der Waals surface area (Å²) in [5.41, 5.74) is 12.8. The van der Waals surface area contributed by atoms with Crippen LogP contribution in [0.4, 0.5) is 34.1 Å². The van der Waals surface area contributed by atoms with Gasteiger partial charge >= 0.3 is 0 Å². The van der Waals surface area contributed by atoms with Gasteiger partial charge in [0.15, 0.2) is 0 Å². The molecule has 8 rings (SSSR count). The first kappa shape index (κ1) is 27.7. The molecule has 0 N–H and O–H groups in total. The predicted octanol–water partition coefficient (Wildman–Crippen LogP) is 12.0. The normalized spacial score (nSPS) is 12.6. The lowest BCUT2D eigenvalue weighted by Crippen LogP contribution is -2.24. The number of nitrogens with zero attached hydrogens (tertiary/aromatic N) is 2. The molecule has 0 spiro atoms. The molecule has 1 aliphatic rings. The molecule has 0 radical (unpaired) electrons. The van der Waals surface area contributed by atoms with Gasteiger partial charge in [0.2, 0.25) is 0 Å². The van der Waals surface area contributed by atoms with Crippen molar-refractivity contribution in [1.82, 2.24) is 0 Å². The Morgan fingerprint density at radius 2 is 0.630 bits per heavy atom. The molecular weight excluding hydrogens is 556 g/mol. The first-order valence-corrected chi connectivity index (χ1v) is 15.9. The summed E-state index contributed by atoms with van der Waals surface area (Å²) in [6.45, 7) is 2.39. The van der Waals surface area contributed by atoms with Crippen LogP contribution in [0.2, 0.25) is 0 Å². The number of benzene rings is 7. The van der Waals surface area contributed by atoms with Crippen LogP contribution in [-0.2, 0) is 5.41 Å². The molecule has 0 atom stereocenters. The van der Waals surface area contributed by atoms with Crippen LogP contribution in [-0.4, -0.2) is 0 Å². The molecule has 7 aromatic carbocycles. The van der Waals surface area contributed by atoms with Gasteiger partial charge in [0.05, 0.1) is 0 Å². The maximum Gasteiger partial charge on any atom is 0.0485 e. The molecule has 0 saturated heterocycles. The maximum atomic E-state index is 2.40. The summed E-state index contributed by atoms with van der Waals surface area (Å²) in [6.07, 6.45) is 0. The van der Waals surface area contributed by atoms with Crippen LogP contribution in [0.25, 0.3) is 11.1 Å². The van der Waals surface area contributed by atoms with E-state index in [9.17, 15) is 0 Å². The smallest absolute Gasteiger partial charge is 0.0485 e. The van der Waals surface area contributed by atoms with Crippen LogP contribution in [0.3, 0.4) is 0 Å². The van der Waals surface area contributed by atoms with Crippen LogP contribution in [0.5, 0.6) is 0 Å². The van der Waals surface area contributed by atoms with Gasteiger partial charge < -0.3 is 9.80 Å². The number of fused-ring (bicyclic) bond motifs is 3. The van der Waals surface area contributed by atoms with Crippen molar-refractivity contribution in [3.8, 4) is 11.1 Å². The largest absolute Gasteiger partial charge is 0.310 e. The summed E-state index contributed by atoms with van der Waals surface area (Å²) in [5.74, 6) is 0. The zero-order valence-electron chi connectivity index (χ0n) is 25.8. The standard InChI is InChI=1S/C44H34N2/c1-44(42-28-16-14-26-40(42)41-27-15-17-29-43(41)44)33-30-38(45(34-18-6-2-7-19-34)35-20-8-3-9-21-35)32-39(31-33)46(36-22-10-4-11-23-36)37-24-12-5-13-25-37/h2-32H,1H3. The SMILES string of the molecule is CC1(c2cc(N(c3ccccc3)c3ccccc3)cc(N(c3ccccc3)c3ccccc3)c2)c2ccccc2-c2ccccc21. The van der Waals surface area contributed by atoms with E-state index in [0.29, 0.717) is 0 Å². The fourth-order valence-corrected chi connectivity index (χ4v) is 7.11. The number of para-hydroxylation sites is 4. The summed E-state index contributed by atoms with van der Waals surface area (Å²) in [7, 11) is 0. The molecule has 0 aliphatic heterocycles. The van der Waals surface area contributed by atoms with E-state index in [4.69, 9.17) is 0 Å². The third-order valence-electron chi connectivity index (χ3n) is 9.28. The van der Waals surface area contributed by atoms with E-state index in [1.54, 1.807) is 0 Å². The molecule has 0 heterocycles. The molecule has 0 amide bonds. The van der Waals surface area contributed by atoms with Crippen molar-refractivity contribution in [1.29, 1.82) is 0 Å². The van der Waals surface area contributed by atoms with E-state index in [0.717, 1.165) is 34.1 Å². The van der Waals surface area contributed by atoms with Crippen molar-refractivity contribution in [3.63, 3.8) is 0 Å². The van der Waals surface area contributed by atoms with Gasteiger partial charge in [-0.3, -0.25) is 0 Å². The summed E-state index contributed by atoms with van der Waals surface area (Å²) in [5, 5.41) is 0. The van der Waals surface area contributed by atoms with E-state index in [-0.39, 0.29) is 5.41 Å². The molecule has 7 aromatic rings. The lowest BCUT2D eigenvalue weighted by molar-refractivity contribution is 0.714. The minimum absolute atomic E-state index is 0.365. The molecule has 46 heavy (non-hydrogen) atoms. The molecular formula is C44H34N2. The van der Waals surface area contributed by atoms with Crippen LogP contribution in [0.1, 0.15) is 23.6 Å². The summed E-state index contributed by atoms with van der Waals surface area (Å²) >= 11 is 0. The maximum absolute atomic E-state index is 2.40. The zero-order valence-corrected chi connectivity index (χ0v) is 25.8. The number of rotatable bonds is 7. The Kier molecular flexibility index (Phi) is 6.96. The quantitative estimate of drug-likeness (QED) is 0.182. The second-order valence-corrected chi connectivity index (χ2v) is 12.0. The fraction of sp³-hybridized carbons (Fsp3) is 0.0455. The van der Waals surface area contributed by atoms with E-state index in [1.807, 2.05) is 0 Å². The monoisotopic (exact) mass is 590 g/mol. The van der Waals surface area contributed by atoms with E-state index < -0.39 is 0 Å². The average Bonchev–Trinajstić information content (AvgIpc) is 3.39. The molecule has 0 aromatic heterocycles. The molecule has 1 aliphatic carbocycles. The predicted molar refractivity (Wildman–Crippen MR) is 193 cm³/mol. The Hall–Kier alpha value is -5.86. The van der Waals surface area contributed by atoms with Crippen LogP contribution in [0, 0.1) is 0 Å². The van der Waals surface area contributed by atoms with E-state index in [1.165, 1.54) is 27.8 Å². The molecule has 220 valence electrons. The number of anilines is 6. The Morgan fingerprint density at radius 1 is 0.326 bits per heavy atom. The highest BCUT2D eigenvalue weighted by atomic mass is 15.2. The second kappa shape index (κ2) is 11.6. The number of hydrogen-bond donors (Lipinski definition) is 0. The van der Waals surface area contributed by atoms with Crippen molar-refractivity contribution < 1.29 is 0 Å². The van der Waals surface area contributed by atoms with Gasteiger partial charge in [-0.1, -0.05) is 121 Å². The Morgan fingerprint density at radius 3 is 0.978 bits per heavy atom. The number of hydrogen-bond acceptors (Lipinski definition) is 2. The molecule has 0 saturated carbocycles. The summed E-state index contributed by atoms with van der Waals surface area (Å²) < 4.78 is 0. The van der Waals surface area contributed by atoms with Gasteiger partial charge in [-0.2, -0.15) is 0 Å². The van der Waals surface area contributed by atoms with Crippen molar-refractivity contribution in [2.75, 3.05) is 9.80 Å². The second-order valence-electron chi connectivity index (χ2n) is 12.0. The minimum Gasteiger partial charge on any atom is -0.310 e. The van der Waals surface area contributed by atoms with Crippen LogP contribution in [0.15, 0.2) is 188 Å². The first-order valence-electron chi connectivity index (χ1n) is 15.9. The Labute approximate surface area is 271 Å². The third kappa shape index (κ3) is 4.67. The molecule has 0 fully saturated rings. The van der Waals surface area contributed by atoms with Crippen molar-refractivity contribution in [2.45, 2.75) is 12.3 Å². The highest BCUT2D eigenvalue weighted by Gasteiger charge is 2.41. The molecule has 0 unspecified atom stereocenters. The zero-order chi connectivity index (χ0) is 30.9. The van der Waals surface area contributed by atoms with E-state index >= 15 is 0 Å². The summed E-state index contributed by atoms with van der Waals surface area (Å²) in [6, 6.07) is 67.7. The van der Waals surface area contributed by atoms with Gasteiger partial charge in [-0.05, 0) is 101 Å². The van der Waals surface area contributed by atoms with Crippen LogP contribution >= 0.6 is 0 Å². The van der Waals surface area contributed by atoms with Gasteiger partial charge in [-0.15, -0.1) is 0 Å². The van der Waals surface area contributed by atoms with Gasteiger partial charge in [0.25, 0.3) is 0 Å². The van der Waals surface area contributed by atoms with Gasteiger partial charge in [0.1, 0.15) is 0 Å². The summed E-state index contributed by atoms with van der Waals surface area (Å²) in [4.78, 5) is 4.74. The highest BCUT2D eigenvalue weighted by molar-refractivity contribution is 5.87. The topological polar surface area (TPSA) is 6.48 Å². The Balaban J connectivity index is 1.44. The van der Waals surface area contributed by atoms with Gasteiger partial charge in [0, 0.05) is 39.5 Å². The van der Waals surface area contributed by atoms with Crippen molar-refractivity contribution >= 4 is 34.1 Å². The first-order chi connectivity index (χ1) is 22.7. The lowest BCUT2D eigenvalue weighted by atomic mass is 9.74. The molecule has 2 nitrogen and oxygen atoms in total. The van der Waals surface area contributed by atoms with Crippen LogP contribution < -0.4 is 9.80 Å². The van der Waals surface area contributed by atoms with E-state index in [2.05, 4.69) is 205 Å². The average molecular weight is 591 g/mol. The lowest BCUT2D eigenvalue weighted by Gasteiger charge is -2.34. The van der Waals surface area contributed by atoms with Crippen molar-refractivity contribution in [2.24, 2.45) is 0 Å². The van der Waals surface area contributed by atoms with Crippen molar-refractivity contribution in [3.05, 3.63) is 205 Å². The minimum atomic E-state index is -0.365. The fourth-order valence-electron chi connectivity index (χ4n) is 7.11. The molecule has 0 bridgehead atoms. The Bertz CT molecular complexity index is 1880.